The zero-order valence-electron chi connectivity index (χ0n) is 11.3. The van der Waals surface area contributed by atoms with Gasteiger partial charge in [0.25, 0.3) is 11.1 Å². The number of imide groups is 1. The van der Waals surface area contributed by atoms with Crippen LogP contribution in [-0.4, -0.2) is 35.2 Å². The zero-order valence-corrected chi connectivity index (χ0v) is 13.7. The summed E-state index contributed by atoms with van der Waals surface area (Å²) in [4.78, 5) is 36.9. The second-order valence-electron chi connectivity index (χ2n) is 4.27. The van der Waals surface area contributed by atoms with Gasteiger partial charge in [-0.25, -0.2) is 4.79 Å². The van der Waals surface area contributed by atoms with Gasteiger partial charge >= 0.3 is 5.97 Å². The van der Waals surface area contributed by atoms with Crippen LogP contribution < -0.4 is 0 Å². The zero-order chi connectivity index (χ0) is 15.6. The van der Waals surface area contributed by atoms with E-state index in [1.807, 2.05) is 24.3 Å². The van der Waals surface area contributed by atoms with E-state index in [0.29, 0.717) is 0 Å². The van der Waals surface area contributed by atoms with Gasteiger partial charge in [-0.15, -0.1) is 0 Å². The molecule has 0 unspecified atom stereocenters. The molecule has 0 radical (unpaired) electrons. The van der Waals surface area contributed by atoms with Crippen LogP contribution in [0.4, 0.5) is 4.79 Å². The van der Waals surface area contributed by atoms with E-state index in [-0.39, 0.29) is 4.91 Å². The number of ether oxygens (including phenoxy) is 1. The molecule has 1 aliphatic rings. The van der Waals surface area contributed by atoms with Crippen molar-refractivity contribution < 1.29 is 19.1 Å². The maximum atomic E-state index is 12.3. The largest absolute Gasteiger partial charge is 0.467 e. The summed E-state index contributed by atoms with van der Waals surface area (Å²) in [7, 11) is 1.22. The van der Waals surface area contributed by atoms with E-state index < -0.39 is 23.2 Å². The van der Waals surface area contributed by atoms with Crippen molar-refractivity contribution in [3.8, 4) is 0 Å². The molecular formula is C14H12BrNO4S. The minimum absolute atomic E-state index is 0.280. The fourth-order valence-corrected chi connectivity index (χ4v) is 3.12. The van der Waals surface area contributed by atoms with Gasteiger partial charge in [0.2, 0.25) is 0 Å². The molecular weight excluding hydrogens is 358 g/mol. The van der Waals surface area contributed by atoms with Crippen LogP contribution in [0.2, 0.25) is 0 Å². The van der Waals surface area contributed by atoms with Crippen molar-refractivity contribution in [3.05, 3.63) is 39.2 Å². The fraction of sp³-hybridized carbons (Fsp3) is 0.214. The first kappa shape index (κ1) is 15.8. The molecule has 2 rings (SSSR count). The molecule has 1 aromatic carbocycles. The first-order valence-electron chi connectivity index (χ1n) is 6.05. The van der Waals surface area contributed by atoms with Crippen LogP contribution in [0.3, 0.4) is 0 Å². The van der Waals surface area contributed by atoms with E-state index in [4.69, 9.17) is 0 Å². The molecule has 1 aromatic rings. The molecule has 1 aliphatic heterocycles. The summed E-state index contributed by atoms with van der Waals surface area (Å²) in [5.74, 6) is -1.11. The first-order chi connectivity index (χ1) is 9.95. The maximum absolute atomic E-state index is 12.3. The van der Waals surface area contributed by atoms with Gasteiger partial charge in [-0.1, -0.05) is 34.1 Å². The van der Waals surface area contributed by atoms with Crippen molar-refractivity contribution in [1.29, 1.82) is 0 Å². The molecule has 7 heteroatoms. The van der Waals surface area contributed by atoms with Crippen molar-refractivity contribution in [2.75, 3.05) is 7.11 Å². The van der Waals surface area contributed by atoms with Crippen molar-refractivity contribution in [2.24, 2.45) is 0 Å². The number of carbonyl (C=O) groups excluding carboxylic acids is 3. The average molecular weight is 370 g/mol. The smallest absolute Gasteiger partial charge is 0.328 e. The third-order valence-corrected chi connectivity index (χ3v) is 4.55. The summed E-state index contributed by atoms with van der Waals surface area (Å²) in [6.45, 7) is 1.46. The number of methoxy groups -OCH3 is 1. The van der Waals surface area contributed by atoms with E-state index in [2.05, 4.69) is 20.7 Å². The minimum atomic E-state index is -0.937. The summed E-state index contributed by atoms with van der Waals surface area (Å²) in [5.41, 5.74) is 0.786. The molecule has 1 fully saturated rings. The maximum Gasteiger partial charge on any atom is 0.328 e. The number of halogens is 1. The van der Waals surface area contributed by atoms with Gasteiger partial charge in [0, 0.05) is 4.47 Å². The van der Waals surface area contributed by atoms with Crippen LogP contribution in [0.5, 0.6) is 0 Å². The highest BCUT2D eigenvalue weighted by atomic mass is 79.9. The number of esters is 1. The molecule has 0 N–H and O–H groups in total. The Hall–Kier alpha value is -1.60. The van der Waals surface area contributed by atoms with E-state index in [0.717, 1.165) is 26.7 Å². The van der Waals surface area contributed by atoms with Crippen molar-refractivity contribution in [2.45, 2.75) is 13.0 Å². The molecule has 1 heterocycles. The summed E-state index contributed by atoms with van der Waals surface area (Å²) >= 11 is 4.19. The van der Waals surface area contributed by atoms with E-state index in [9.17, 15) is 14.4 Å². The normalized spacial score (nSPS) is 18.2. The number of benzene rings is 1. The molecule has 0 bridgehead atoms. The Bertz CT molecular complexity index is 644. The molecule has 0 spiro atoms. The number of hydrogen-bond acceptors (Lipinski definition) is 5. The van der Waals surface area contributed by atoms with Gasteiger partial charge in [-0.2, -0.15) is 0 Å². The number of amides is 2. The number of carbonyl (C=O) groups is 3. The SMILES string of the molecule is COC(=O)[C@H](C)N1C(=O)S/C(=C/c2ccccc2Br)C1=O. The van der Waals surface area contributed by atoms with Crippen molar-refractivity contribution >= 4 is 50.9 Å². The Morgan fingerprint density at radius 1 is 1.38 bits per heavy atom. The molecule has 0 aliphatic carbocycles. The second-order valence-corrected chi connectivity index (χ2v) is 6.12. The molecule has 5 nitrogen and oxygen atoms in total. The Kier molecular flexibility index (Phi) is 4.84. The van der Waals surface area contributed by atoms with Crippen LogP contribution in [0, 0.1) is 0 Å². The lowest BCUT2D eigenvalue weighted by Gasteiger charge is -2.18. The Labute approximate surface area is 134 Å². The number of thioether (sulfide) groups is 1. The predicted octanol–water partition coefficient (Wildman–Crippen LogP) is 3.05. The van der Waals surface area contributed by atoms with Crippen LogP contribution in [0.25, 0.3) is 6.08 Å². The molecule has 1 saturated heterocycles. The molecule has 2 amide bonds. The van der Waals surface area contributed by atoms with Gasteiger partial charge in [0.15, 0.2) is 0 Å². The van der Waals surface area contributed by atoms with Crippen molar-refractivity contribution in [1.82, 2.24) is 4.90 Å². The highest BCUT2D eigenvalue weighted by molar-refractivity contribution is 9.10. The van der Waals surface area contributed by atoms with Crippen LogP contribution in [0.15, 0.2) is 33.6 Å². The number of rotatable bonds is 3. The number of nitrogens with zero attached hydrogens (tertiary/aromatic N) is 1. The van der Waals surface area contributed by atoms with Gasteiger partial charge in [-0.05, 0) is 36.4 Å². The van der Waals surface area contributed by atoms with E-state index >= 15 is 0 Å². The Balaban J connectivity index is 2.30. The first-order valence-corrected chi connectivity index (χ1v) is 7.66. The Morgan fingerprint density at radius 3 is 2.67 bits per heavy atom. The summed E-state index contributed by atoms with van der Waals surface area (Å²) in [6, 6.07) is 6.41. The lowest BCUT2D eigenvalue weighted by atomic mass is 10.2. The lowest BCUT2D eigenvalue weighted by molar-refractivity contribution is -0.148. The molecule has 1 atom stereocenters. The van der Waals surface area contributed by atoms with E-state index in [1.165, 1.54) is 14.0 Å². The van der Waals surface area contributed by atoms with Crippen LogP contribution >= 0.6 is 27.7 Å². The fourth-order valence-electron chi connectivity index (χ4n) is 1.82. The monoisotopic (exact) mass is 369 g/mol. The van der Waals surface area contributed by atoms with Gasteiger partial charge in [-0.3, -0.25) is 14.5 Å². The molecule has 0 saturated carbocycles. The van der Waals surface area contributed by atoms with Crippen LogP contribution in [0.1, 0.15) is 12.5 Å². The van der Waals surface area contributed by atoms with E-state index in [1.54, 1.807) is 6.08 Å². The quantitative estimate of drug-likeness (QED) is 0.605. The third kappa shape index (κ3) is 3.19. The predicted molar refractivity (Wildman–Crippen MR) is 83.4 cm³/mol. The van der Waals surface area contributed by atoms with Crippen molar-refractivity contribution in [3.63, 3.8) is 0 Å². The summed E-state index contributed by atoms with van der Waals surface area (Å²) in [6.07, 6.45) is 1.62. The lowest BCUT2D eigenvalue weighted by Crippen LogP contribution is -2.42. The highest BCUT2D eigenvalue weighted by Crippen LogP contribution is 2.34. The molecule has 0 aromatic heterocycles. The second kappa shape index (κ2) is 6.44. The van der Waals surface area contributed by atoms with Gasteiger partial charge in [0.05, 0.1) is 12.0 Å². The highest BCUT2D eigenvalue weighted by Gasteiger charge is 2.41. The third-order valence-electron chi connectivity index (χ3n) is 2.94. The van der Waals surface area contributed by atoms with Gasteiger partial charge < -0.3 is 4.74 Å². The topological polar surface area (TPSA) is 63.7 Å². The standard InChI is InChI=1S/C14H12BrNO4S/c1-8(13(18)20-2)16-12(17)11(21-14(16)19)7-9-5-3-4-6-10(9)15/h3-8H,1-2H3/b11-7+/t8-/m0/s1. The average Bonchev–Trinajstić information content (AvgIpc) is 2.74. The molecule has 21 heavy (non-hydrogen) atoms. The van der Waals surface area contributed by atoms with Gasteiger partial charge in [0.1, 0.15) is 6.04 Å². The summed E-state index contributed by atoms with van der Waals surface area (Å²) in [5, 5.41) is -0.476. The molecule has 110 valence electrons. The number of hydrogen-bond donors (Lipinski definition) is 0. The summed E-state index contributed by atoms with van der Waals surface area (Å²) < 4.78 is 5.39. The Morgan fingerprint density at radius 2 is 2.05 bits per heavy atom. The minimum Gasteiger partial charge on any atom is -0.467 e. The van der Waals surface area contributed by atoms with Crippen LogP contribution in [-0.2, 0) is 14.3 Å².